The summed E-state index contributed by atoms with van der Waals surface area (Å²) >= 11 is 0. The van der Waals surface area contributed by atoms with Crippen molar-refractivity contribution in [3.05, 3.63) is 34.9 Å². The number of carbonyl (C=O) groups excluding carboxylic acids is 1. The quantitative estimate of drug-likeness (QED) is 0.844. The third-order valence-electron chi connectivity index (χ3n) is 2.28. The standard InChI is InChI=1S/C13H14F2O3/c1-13(2,3)6-11(16)7-4-8(12(17)18)10(15)5-9(7)14/h4-5H,6H2,1-3H3,(H,17,18). The Bertz CT molecular complexity index is 502. The summed E-state index contributed by atoms with van der Waals surface area (Å²) in [5.74, 6) is -4.29. The summed E-state index contributed by atoms with van der Waals surface area (Å²) in [6, 6.07) is 1.18. The molecule has 0 amide bonds. The minimum absolute atomic E-state index is 0.0502. The third kappa shape index (κ3) is 3.35. The Kier molecular flexibility index (Phi) is 3.84. The number of rotatable bonds is 3. The molecule has 5 heteroatoms. The van der Waals surface area contributed by atoms with Gasteiger partial charge in [-0.25, -0.2) is 13.6 Å². The predicted octanol–water partition coefficient (Wildman–Crippen LogP) is 3.28. The number of carboxylic acid groups (broad SMARTS) is 1. The number of hydrogen-bond acceptors (Lipinski definition) is 2. The van der Waals surface area contributed by atoms with Crippen molar-refractivity contribution in [2.75, 3.05) is 0 Å². The number of hydrogen-bond donors (Lipinski definition) is 1. The van der Waals surface area contributed by atoms with Gasteiger partial charge < -0.3 is 5.11 Å². The Morgan fingerprint density at radius 1 is 1.11 bits per heavy atom. The van der Waals surface area contributed by atoms with Gasteiger partial charge in [0.25, 0.3) is 0 Å². The lowest BCUT2D eigenvalue weighted by atomic mass is 9.87. The molecule has 0 radical (unpaired) electrons. The summed E-state index contributed by atoms with van der Waals surface area (Å²) in [7, 11) is 0. The first-order valence-electron chi connectivity index (χ1n) is 5.37. The zero-order chi connectivity index (χ0) is 14.1. The van der Waals surface area contributed by atoms with Crippen molar-refractivity contribution in [3.8, 4) is 0 Å². The molecule has 1 aromatic rings. The van der Waals surface area contributed by atoms with Crippen LogP contribution < -0.4 is 0 Å². The van der Waals surface area contributed by atoms with E-state index in [1.54, 1.807) is 20.8 Å². The molecule has 0 heterocycles. The van der Waals surface area contributed by atoms with Crippen molar-refractivity contribution in [1.82, 2.24) is 0 Å². The Morgan fingerprint density at radius 2 is 1.61 bits per heavy atom. The Hall–Kier alpha value is -1.78. The largest absolute Gasteiger partial charge is 0.478 e. The van der Waals surface area contributed by atoms with Gasteiger partial charge in [-0.05, 0) is 11.5 Å². The molecule has 0 fully saturated rings. The molecule has 0 spiro atoms. The zero-order valence-electron chi connectivity index (χ0n) is 10.4. The van der Waals surface area contributed by atoms with Crippen molar-refractivity contribution in [2.24, 2.45) is 5.41 Å². The molecule has 18 heavy (non-hydrogen) atoms. The van der Waals surface area contributed by atoms with E-state index in [9.17, 15) is 18.4 Å². The van der Waals surface area contributed by atoms with E-state index >= 15 is 0 Å². The molecule has 1 aromatic carbocycles. The first-order valence-corrected chi connectivity index (χ1v) is 5.37. The lowest BCUT2D eigenvalue weighted by Gasteiger charge is -2.17. The highest BCUT2D eigenvalue weighted by Crippen LogP contribution is 2.24. The van der Waals surface area contributed by atoms with Crippen LogP contribution in [-0.4, -0.2) is 16.9 Å². The van der Waals surface area contributed by atoms with Gasteiger partial charge in [-0.15, -0.1) is 0 Å². The van der Waals surface area contributed by atoms with Crippen LogP contribution in [0.25, 0.3) is 0 Å². The third-order valence-corrected chi connectivity index (χ3v) is 2.28. The number of carbonyl (C=O) groups is 2. The smallest absolute Gasteiger partial charge is 0.338 e. The molecule has 0 aliphatic rings. The van der Waals surface area contributed by atoms with Gasteiger partial charge >= 0.3 is 5.97 Å². The van der Waals surface area contributed by atoms with Crippen molar-refractivity contribution in [3.63, 3.8) is 0 Å². The van der Waals surface area contributed by atoms with E-state index in [2.05, 4.69) is 0 Å². The highest BCUT2D eigenvalue weighted by molar-refractivity contribution is 5.99. The number of benzene rings is 1. The molecule has 0 aliphatic carbocycles. The van der Waals surface area contributed by atoms with E-state index in [0.29, 0.717) is 6.07 Å². The maximum atomic E-state index is 13.5. The number of ketones is 1. The molecule has 0 saturated heterocycles. The maximum Gasteiger partial charge on any atom is 0.338 e. The van der Waals surface area contributed by atoms with Crippen molar-refractivity contribution >= 4 is 11.8 Å². The summed E-state index contributed by atoms with van der Waals surface area (Å²) in [4.78, 5) is 22.5. The van der Waals surface area contributed by atoms with Gasteiger partial charge in [0.2, 0.25) is 0 Å². The summed E-state index contributed by atoms with van der Waals surface area (Å²) in [5.41, 5.74) is -1.45. The number of aromatic carboxylic acids is 1. The number of carboxylic acids is 1. The van der Waals surface area contributed by atoms with Crippen molar-refractivity contribution < 1.29 is 23.5 Å². The van der Waals surface area contributed by atoms with Crippen LogP contribution in [0.15, 0.2) is 12.1 Å². The topological polar surface area (TPSA) is 54.4 Å². The van der Waals surface area contributed by atoms with E-state index in [0.717, 1.165) is 6.07 Å². The Morgan fingerprint density at radius 3 is 2.06 bits per heavy atom. The summed E-state index contributed by atoms with van der Waals surface area (Å²) < 4.78 is 26.6. The molecule has 0 aromatic heterocycles. The van der Waals surface area contributed by atoms with Crippen molar-refractivity contribution in [2.45, 2.75) is 27.2 Å². The van der Waals surface area contributed by atoms with Crippen LogP contribution in [0.3, 0.4) is 0 Å². The molecule has 0 saturated carbocycles. The molecular weight excluding hydrogens is 242 g/mol. The molecular formula is C13H14F2O3. The fourth-order valence-corrected chi connectivity index (χ4v) is 1.50. The predicted molar refractivity (Wildman–Crippen MR) is 61.7 cm³/mol. The van der Waals surface area contributed by atoms with Gasteiger partial charge in [0, 0.05) is 12.5 Å². The van der Waals surface area contributed by atoms with Gasteiger partial charge in [-0.3, -0.25) is 4.79 Å². The Balaban J connectivity index is 3.21. The van der Waals surface area contributed by atoms with Crippen LogP contribution in [-0.2, 0) is 0 Å². The summed E-state index contributed by atoms with van der Waals surface area (Å²) in [6.07, 6.45) is 0.0502. The second kappa shape index (κ2) is 4.84. The van der Waals surface area contributed by atoms with E-state index < -0.39 is 29.0 Å². The van der Waals surface area contributed by atoms with Gasteiger partial charge in [-0.1, -0.05) is 20.8 Å². The fraction of sp³-hybridized carbons (Fsp3) is 0.385. The lowest BCUT2D eigenvalue weighted by Crippen LogP contribution is -2.15. The first-order chi connectivity index (χ1) is 8.11. The van der Waals surface area contributed by atoms with Gasteiger partial charge in [-0.2, -0.15) is 0 Å². The second-order valence-electron chi connectivity index (χ2n) is 5.28. The molecule has 0 bridgehead atoms. The lowest BCUT2D eigenvalue weighted by molar-refractivity contribution is 0.0692. The van der Waals surface area contributed by atoms with Crippen molar-refractivity contribution in [1.29, 1.82) is 0 Å². The van der Waals surface area contributed by atoms with Crippen LogP contribution >= 0.6 is 0 Å². The van der Waals surface area contributed by atoms with E-state index in [4.69, 9.17) is 5.11 Å². The highest BCUT2D eigenvalue weighted by Gasteiger charge is 2.23. The molecule has 0 aliphatic heterocycles. The first kappa shape index (κ1) is 14.3. The van der Waals surface area contributed by atoms with Crippen LogP contribution in [0.1, 0.15) is 47.9 Å². The van der Waals surface area contributed by atoms with Gasteiger partial charge in [0.05, 0.1) is 11.1 Å². The van der Waals surface area contributed by atoms with Crippen LogP contribution in [0.5, 0.6) is 0 Å². The Labute approximate surface area is 103 Å². The number of Topliss-reactive ketones (excluding diaryl/α,β-unsaturated/α-hetero) is 1. The zero-order valence-corrected chi connectivity index (χ0v) is 10.4. The molecule has 0 atom stereocenters. The van der Waals surface area contributed by atoms with Crippen LogP contribution in [0, 0.1) is 17.0 Å². The normalized spacial score (nSPS) is 11.4. The summed E-state index contributed by atoms with van der Waals surface area (Å²) in [5, 5.41) is 8.72. The SMILES string of the molecule is CC(C)(C)CC(=O)c1cc(C(=O)O)c(F)cc1F. The number of halogens is 2. The molecule has 1 N–H and O–H groups in total. The van der Waals surface area contributed by atoms with Crippen LogP contribution in [0.4, 0.5) is 8.78 Å². The van der Waals surface area contributed by atoms with Crippen LogP contribution in [0.2, 0.25) is 0 Å². The van der Waals surface area contributed by atoms with Gasteiger partial charge in [0.15, 0.2) is 5.78 Å². The molecule has 3 nitrogen and oxygen atoms in total. The average Bonchev–Trinajstić information content (AvgIpc) is 2.13. The summed E-state index contributed by atoms with van der Waals surface area (Å²) in [6.45, 7) is 5.39. The maximum absolute atomic E-state index is 13.5. The highest BCUT2D eigenvalue weighted by atomic mass is 19.1. The van der Waals surface area contributed by atoms with Gasteiger partial charge in [0.1, 0.15) is 11.6 Å². The average molecular weight is 256 g/mol. The second-order valence-corrected chi connectivity index (χ2v) is 5.28. The molecule has 98 valence electrons. The molecule has 0 unspecified atom stereocenters. The van der Waals surface area contributed by atoms with E-state index in [-0.39, 0.29) is 17.4 Å². The fourth-order valence-electron chi connectivity index (χ4n) is 1.50. The van der Waals surface area contributed by atoms with E-state index in [1.807, 2.05) is 0 Å². The van der Waals surface area contributed by atoms with E-state index in [1.165, 1.54) is 0 Å². The minimum Gasteiger partial charge on any atom is -0.478 e. The minimum atomic E-state index is -1.53. The molecule has 1 rings (SSSR count). The monoisotopic (exact) mass is 256 g/mol.